The van der Waals surface area contributed by atoms with E-state index in [4.69, 9.17) is 14.9 Å². The number of hydrogen-bond donors (Lipinski definition) is 2. The number of carbonyl (C=O) groups is 1. The Morgan fingerprint density at radius 2 is 2.40 bits per heavy atom. The molecule has 0 aromatic heterocycles. The number of aliphatic hydroxyl groups excluding tert-OH is 1. The molecule has 2 atom stereocenters. The van der Waals surface area contributed by atoms with E-state index in [-0.39, 0.29) is 19.3 Å². The van der Waals surface area contributed by atoms with Crippen LogP contribution in [0.4, 0.5) is 0 Å². The molecule has 0 spiro atoms. The number of ether oxygens (including phenoxy) is 1. The number of carboxylic acid groups (broad SMARTS) is 1. The molecule has 0 aliphatic carbocycles. The molecule has 0 aromatic carbocycles. The maximum absolute atomic E-state index is 10.3. The maximum atomic E-state index is 10.3. The molecule has 1 aliphatic heterocycles. The Morgan fingerprint density at radius 1 is 1.70 bits per heavy atom. The summed E-state index contributed by atoms with van der Waals surface area (Å²) in [6, 6.07) is 0. The summed E-state index contributed by atoms with van der Waals surface area (Å²) in [7, 11) is 0. The first-order valence-corrected chi connectivity index (χ1v) is 3.19. The summed E-state index contributed by atoms with van der Waals surface area (Å²) in [6.45, 7) is 0.157. The van der Waals surface area contributed by atoms with E-state index in [0.29, 0.717) is 6.42 Å². The van der Waals surface area contributed by atoms with Crippen LogP contribution in [0.5, 0.6) is 0 Å². The molecule has 4 heteroatoms. The predicted octanol–water partition coefficient (Wildman–Crippen LogP) is -0.532. The number of rotatable bonds is 2. The fraction of sp³-hybridized carbons (Fsp3) is 0.833. The van der Waals surface area contributed by atoms with Gasteiger partial charge in [0.25, 0.3) is 0 Å². The normalized spacial score (nSPS) is 32.5. The lowest BCUT2D eigenvalue weighted by molar-refractivity contribution is -0.141. The Labute approximate surface area is 58.4 Å². The summed E-state index contributed by atoms with van der Waals surface area (Å²) in [4.78, 5) is 10.3. The summed E-state index contributed by atoms with van der Waals surface area (Å²) in [5.41, 5.74) is 0. The topological polar surface area (TPSA) is 66.8 Å². The average molecular weight is 146 g/mol. The van der Waals surface area contributed by atoms with Gasteiger partial charge in [0.05, 0.1) is 25.2 Å². The van der Waals surface area contributed by atoms with Gasteiger partial charge in [-0.1, -0.05) is 0 Å². The minimum Gasteiger partial charge on any atom is -0.481 e. The van der Waals surface area contributed by atoms with Gasteiger partial charge in [-0.15, -0.1) is 0 Å². The molecule has 0 aromatic rings. The monoisotopic (exact) mass is 146 g/mol. The summed E-state index contributed by atoms with van der Waals surface area (Å²) in [6.07, 6.45) is 0.173. The van der Waals surface area contributed by atoms with Crippen molar-refractivity contribution in [3.05, 3.63) is 0 Å². The Balaban J connectivity index is 2.35. The maximum Gasteiger partial charge on any atom is 0.308 e. The molecule has 1 saturated heterocycles. The van der Waals surface area contributed by atoms with Crippen LogP contribution in [0.3, 0.4) is 0 Å². The van der Waals surface area contributed by atoms with E-state index in [1.807, 2.05) is 0 Å². The van der Waals surface area contributed by atoms with E-state index in [9.17, 15) is 4.79 Å². The lowest BCUT2D eigenvalue weighted by Crippen LogP contribution is -2.14. The van der Waals surface area contributed by atoms with Crippen LogP contribution in [0.2, 0.25) is 0 Å². The van der Waals surface area contributed by atoms with Crippen molar-refractivity contribution in [2.45, 2.75) is 12.5 Å². The first kappa shape index (κ1) is 7.50. The molecular formula is C6H10O4. The summed E-state index contributed by atoms with van der Waals surface area (Å²) >= 11 is 0. The van der Waals surface area contributed by atoms with Crippen LogP contribution in [-0.4, -0.2) is 35.5 Å². The first-order valence-electron chi connectivity index (χ1n) is 3.19. The van der Waals surface area contributed by atoms with Gasteiger partial charge < -0.3 is 14.9 Å². The molecular weight excluding hydrogens is 136 g/mol. The highest BCUT2D eigenvalue weighted by Gasteiger charge is 2.29. The van der Waals surface area contributed by atoms with Gasteiger partial charge in [0.15, 0.2) is 0 Å². The van der Waals surface area contributed by atoms with Gasteiger partial charge in [0.2, 0.25) is 0 Å². The zero-order chi connectivity index (χ0) is 7.56. The van der Waals surface area contributed by atoms with E-state index in [0.717, 1.165) is 0 Å². The second kappa shape index (κ2) is 2.98. The lowest BCUT2D eigenvalue weighted by atomic mass is 10.1. The molecule has 1 aliphatic rings. The zero-order valence-electron chi connectivity index (χ0n) is 5.49. The smallest absolute Gasteiger partial charge is 0.308 e. The number of aliphatic hydroxyl groups is 1. The average Bonchev–Trinajstić information content (AvgIpc) is 2.34. The van der Waals surface area contributed by atoms with Crippen molar-refractivity contribution in [2.24, 2.45) is 5.92 Å². The number of carboxylic acids is 1. The molecule has 58 valence electrons. The number of hydrogen-bond acceptors (Lipinski definition) is 3. The highest BCUT2D eigenvalue weighted by molar-refractivity contribution is 5.70. The van der Waals surface area contributed by atoms with E-state index in [1.165, 1.54) is 0 Å². The summed E-state index contributed by atoms with van der Waals surface area (Å²) in [5, 5.41) is 17.0. The second-order valence-electron chi connectivity index (χ2n) is 2.41. The molecule has 0 saturated carbocycles. The summed E-state index contributed by atoms with van der Waals surface area (Å²) in [5.74, 6) is -1.26. The van der Waals surface area contributed by atoms with Crippen LogP contribution in [0.1, 0.15) is 6.42 Å². The second-order valence-corrected chi connectivity index (χ2v) is 2.41. The third-order valence-corrected chi connectivity index (χ3v) is 1.63. The van der Waals surface area contributed by atoms with Gasteiger partial charge in [0, 0.05) is 0 Å². The predicted molar refractivity (Wildman–Crippen MR) is 32.6 cm³/mol. The molecule has 0 bridgehead atoms. The van der Waals surface area contributed by atoms with Gasteiger partial charge >= 0.3 is 5.97 Å². The molecule has 2 unspecified atom stereocenters. The molecule has 1 fully saturated rings. The van der Waals surface area contributed by atoms with E-state index < -0.39 is 11.9 Å². The molecule has 10 heavy (non-hydrogen) atoms. The van der Waals surface area contributed by atoms with E-state index in [2.05, 4.69) is 0 Å². The Kier molecular flexibility index (Phi) is 2.24. The molecule has 1 rings (SSSR count). The van der Waals surface area contributed by atoms with Crippen LogP contribution in [0.25, 0.3) is 0 Å². The van der Waals surface area contributed by atoms with Crippen LogP contribution in [0, 0.1) is 5.92 Å². The third-order valence-electron chi connectivity index (χ3n) is 1.63. The minimum absolute atomic E-state index is 0.0796. The molecule has 4 nitrogen and oxygen atoms in total. The van der Waals surface area contributed by atoms with Gasteiger partial charge in [0.1, 0.15) is 0 Å². The Hall–Kier alpha value is -0.610. The van der Waals surface area contributed by atoms with Crippen molar-refractivity contribution in [3.8, 4) is 0 Å². The quantitative estimate of drug-likeness (QED) is 0.549. The van der Waals surface area contributed by atoms with Gasteiger partial charge in [-0.3, -0.25) is 4.79 Å². The Morgan fingerprint density at radius 3 is 2.70 bits per heavy atom. The third kappa shape index (κ3) is 1.46. The van der Waals surface area contributed by atoms with Crippen molar-refractivity contribution < 1.29 is 19.7 Å². The van der Waals surface area contributed by atoms with Gasteiger partial charge in [-0.25, -0.2) is 0 Å². The fourth-order valence-electron chi connectivity index (χ4n) is 1.01. The van der Waals surface area contributed by atoms with E-state index in [1.54, 1.807) is 0 Å². The van der Waals surface area contributed by atoms with Crippen molar-refractivity contribution in [2.75, 3.05) is 13.2 Å². The van der Waals surface area contributed by atoms with Crippen LogP contribution in [-0.2, 0) is 9.53 Å². The van der Waals surface area contributed by atoms with Crippen molar-refractivity contribution in [1.29, 1.82) is 0 Å². The standard InChI is InChI=1S/C6H10O4/c7-2-5-1-4(3-10-5)6(8)9/h4-5,7H,1-3H2,(H,8,9). The van der Waals surface area contributed by atoms with Crippen molar-refractivity contribution in [3.63, 3.8) is 0 Å². The Bertz CT molecular complexity index is 134. The summed E-state index contributed by atoms with van der Waals surface area (Å²) < 4.78 is 4.95. The van der Waals surface area contributed by atoms with Crippen LogP contribution < -0.4 is 0 Å². The highest BCUT2D eigenvalue weighted by Crippen LogP contribution is 2.18. The lowest BCUT2D eigenvalue weighted by Gasteiger charge is -2.01. The van der Waals surface area contributed by atoms with Crippen LogP contribution in [0.15, 0.2) is 0 Å². The SMILES string of the molecule is O=C(O)C1COC(CO)C1. The van der Waals surface area contributed by atoms with Crippen LogP contribution >= 0.6 is 0 Å². The minimum atomic E-state index is -0.837. The number of aliphatic carboxylic acids is 1. The van der Waals surface area contributed by atoms with E-state index >= 15 is 0 Å². The highest BCUT2D eigenvalue weighted by atomic mass is 16.5. The molecule has 0 amide bonds. The first-order chi connectivity index (χ1) is 4.74. The van der Waals surface area contributed by atoms with Crippen molar-refractivity contribution >= 4 is 5.97 Å². The zero-order valence-corrected chi connectivity index (χ0v) is 5.49. The van der Waals surface area contributed by atoms with Gasteiger partial charge in [-0.2, -0.15) is 0 Å². The molecule has 1 heterocycles. The van der Waals surface area contributed by atoms with Crippen molar-refractivity contribution in [1.82, 2.24) is 0 Å². The molecule has 0 radical (unpaired) electrons. The van der Waals surface area contributed by atoms with Gasteiger partial charge in [-0.05, 0) is 6.42 Å². The fourth-order valence-corrected chi connectivity index (χ4v) is 1.01. The molecule has 2 N–H and O–H groups in total. The largest absolute Gasteiger partial charge is 0.481 e.